The number of aromatic amines is 1. The van der Waals surface area contributed by atoms with Crippen LogP contribution in [0.3, 0.4) is 0 Å². The number of amides is 1. The lowest BCUT2D eigenvalue weighted by molar-refractivity contribution is 0.0632. The highest BCUT2D eigenvalue weighted by molar-refractivity contribution is 5.94. The van der Waals surface area contributed by atoms with Crippen LogP contribution in [0.15, 0.2) is 24.4 Å². The standard InChI is InChI=1S/C19H23N3O2/c1-13-10-14(4-5-16(13)24-2)18(23)22-9-3-7-19(12-22)8-6-15-11-20-21-17(15)19/h4-5,10-11H,3,6-9,12H2,1-2H3,(H,20,21). The minimum atomic E-state index is 0.0707. The molecule has 1 fully saturated rings. The molecule has 4 rings (SSSR count). The van der Waals surface area contributed by atoms with Crippen molar-refractivity contribution in [1.29, 1.82) is 0 Å². The lowest BCUT2D eigenvalue weighted by Gasteiger charge is -2.40. The summed E-state index contributed by atoms with van der Waals surface area (Å²) in [5.74, 6) is 0.937. The van der Waals surface area contributed by atoms with Gasteiger partial charge in [0.15, 0.2) is 0 Å². The molecule has 1 aromatic heterocycles. The van der Waals surface area contributed by atoms with E-state index in [2.05, 4.69) is 10.2 Å². The Morgan fingerprint density at radius 1 is 1.38 bits per heavy atom. The minimum Gasteiger partial charge on any atom is -0.496 e. The number of likely N-dealkylation sites (tertiary alicyclic amines) is 1. The van der Waals surface area contributed by atoms with E-state index >= 15 is 0 Å². The molecule has 1 spiro atoms. The number of carbonyl (C=O) groups excluding carboxylic acids is 1. The highest BCUT2D eigenvalue weighted by Gasteiger charge is 2.44. The van der Waals surface area contributed by atoms with E-state index in [-0.39, 0.29) is 11.3 Å². The van der Waals surface area contributed by atoms with Crippen LogP contribution < -0.4 is 4.74 Å². The monoisotopic (exact) mass is 325 g/mol. The van der Waals surface area contributed by atoms with Crippen LogP contribution in [-0.2, 0) is 11.8 Å². The fraction of sp³-hybridized carbons (Fsp3) is 0.474. The van der Waals surface area contributed by atoms with Gasteiger partial charge < -0.3 is 9.64 Å². The zero-order valence-electron chi connectivity index (χ0n) is 14.3. The van der Waals surface area contributed by atoms with Crippen LogP contribution in [-0.4, -0.2) is 41.2 Å². The molecule has 1 aliphatic carbocycles. The lowest BCUT2D eigenvalue weighted by atomic mass is 9.77. The van der Waals surface area contributed by atoms with Crippen molar-refractivity contribution in [3.63, 3.8) is 0 Å². The van der Waals surface area contributed by atoms with Crippen molar-refractivity contribution in [2.75, 3.05) is 20.2 Å². The van der Waals surface area contributed by atoms with E-state index in [0.29, 0.717) is 0 Å². The van der Waals surface area contributed by atoms with E-state index in [1.54, 1.807) is 7.11 Å². The molecule has 0 saturated carbocycles. The van der Waals surface area contributed by atoms with Crippen molar-refractivity contribution in [3.8, 4) is 5.75 Å². The third kappa shape index (κ3) is 2.30. The number of ether oxygens (including phenoxy) is 1. The number of nitrogens with zero attached hydrogens (tertiary/aromatic N) is 2. The summed E-state index contributed by atoms with van der Waals surface area (Å²) < 4.78 is 5.30. The normalized spacial score (nSPS) is 22.7. The highest BCUT2D eigenvalue weighted by Crippen LogP contribution is 2.44. The number of fused-ring (bicyclic) bond motifs is 2. The number of aryl methyl sites for hydroxylation is 2. The molecule has 1 saturated heterocycles. The fourth-order valence-corrected chi connectivity index (χ4v) is 4.37. The van der Waals surface area contributed by atoms with Crippen molar-refractivity contribution in [3.05, 3.63) is 46.8 Å². The summed E-state index contributed by atoms with van der Waals surface area (Å²) in [4.78, 5) is 15.0. The van der Waals surface area contributed by atoms with E-state index in [9.17, 15) is 4.79 Å². The largest absolute Gasteiger partial charge is 0.496 e. The number of benzene rings is 1. The molecule has 5 heteroatoms. The lowest BCUT2D eigenvalue weighted by Crippen LogP contribution is -2.47. The number of piperidine rings is 1. The topological polar surface area (TPSA) is 58.2 Å². The molecule has 2 heterocycles. The predicted molar refractivity (Wildman–Crippen MR) is 91.5 cm³/mol. The molecule has 2 aliphatic rings. The molecular weight excluding hydrogens is 302 g/mol. The number of rotatable bonds is 2. The Bertz CT molecular complexity index is 783. The van der Waals surface area contributed by atoms with Gasteiger partial charge in [-0.3, -0.25) is 9.89 Å². The average Bonchev–Trinajstić information content (AvgIpc) is 3.19. The van der Waals surface area contributed by atoms with Crippen molar-refractivity contribution >= 4 is 5.91 Å². The molecule has 0 radical (unpaired) electrons. The van der Waals surface area contributed by atoms with Gasteiger partial charge in [-0.05, 0) is 61.9 Å². The summed E-state index contributed by atoms with van der Waals surface area (Å²) in [6, 6.07) is 5.68. The van der Waals surface area contributed by atoms with Crippen molar-refractivity contribution in [2.45, 2.75) is 38.0 Å². The first-order valence-corrected chi connectivity index (χ1v) is 8.60. The van der Waals surface area contributed by atoms with E-state index in [4.69, 9.17) is 4.74 Å². The number of hydrogen-bond acceptors (Lipinski definition) is 3. The number of nitrogens with one attached hydrogen (secondary N) is 1. The van der Waals surface area contributed by atoms with E-state index in [0.717, 1.165) is 55.6 Å². The number of aromatic nitrogens is 2. The van der Waals surface area contributed by atoms with Gasteiger partial charge in [0.25, 0.3) is 5.91 Å². The van der Waals surface area contributed by atoms with E-state index < -0.39 is 0 Å². The molecule has 24 heavy (non-hydrogen) atoms. The first-order chi connectivity index (χ1) is 11.6. The summed E-state index contributed by atoms with van der Waals surface area (Å²) in [6.45, 7) is 3.59. The van der Waals surface area contributed by atoms with Gasteiger partial charge in [-0.1, -0.05) is 0 Å². The summed E-state index contributed by atoms with van der Waals surface area (Å²) in [5.41, 5.74) is 4.39. The second-order valence-corrected chi connectivity index (χ2v) is 7.07. The third-order valence-corrected chi connectivity index (χ3v) is 5.63. The Kier molecular flexibility index (Phi) is 3.59. The maximum atomic E-state index is 13.0. The molecule has 1 atom stereocenters. The average molecular weight is 325 g/mol. The molecule has 1 unspecified atom stereocenters. The summed E-state index contributed by atoms with van der Waals surface area (Å²) in [7, 11) is 1.65. The Hall–Kier alpha value is -2.30. The van der Waals surface area contributed by atoms with Crippen LogP contribution in [0.25, 0.3) is 0 Å². The van der Waals surface area contributed by atoms with Gasteiger partial charge in [-0.15, -0.1) is 0 Å². The van der Waals surface area contributed by atoms with Gasteiger partial charge in [0.05, 0.1) is 13.3 Å². The second-order valence-electron chi connectivity index (χ2n) is 7.07. The van der Waals surface area contributed by atoms with Crippen LogP contribution in [0.2, 0.25) is 0 Å². The molecule has 0 bridgehead atoms. The smallest absolute Gasteiger partial charge is 0.253 e. The zero-order valence-corrected chi connectivity index (χ0v) is 14.3. The second kappa shape index (κ2) is 5.65. The van der Waals surface area contributed by atoms with Gasteiger partial charge in [0.2, 0.25) is 0 Å². The maximum absolute atomic E-state index is 13.0. The van der Waals surface area contributed by atoms with Gasteiger partial charge in [-0.25, -0.2) is 0 Å². The van der Waals surface area contributed by atoms with Crippen molar-refractivity contribution in [1.82, 2.24) is 15.1 Å². The molecule has 5 nitrogen and oxygen atoms in total. The minimum absolute atomic E-state index is 0.0707. The summed E-state index contributed by atoms with van der Waals surface area (Å²) in [6.07, 6.45) is 6.29. The fourth-order valence-electron chi connectivity index (χ4n) is 4.37. The zero-order chi connectivity index (χ0) is 16.7. The third-order valence-electron chi connectivity index (χ3n) is 5.63. The molecule has 1 amide bonds. The molecule has 126 valence electrons. The SMILES string of the molecule is COc1ccc(C(=O)N2CCCC3(CCc4cn[nH]c43)C2)cc1C. The van der Waals surface area contributed by atoms with Crippen LogP contribution in [0.1, 0.15) is 46.4 Å². The number of methoxy groups -OCH3 is 1. The first kappa shape index (κ1) is 15.2. The van der Waals surface area contributed by atoms with E-state index in [1.807, 2.05) is 36.2 Å². The molecular formula is C19H23N3O2. The Balaban J connectivity index is 1.59. The van der Waals surface area contributed by atoms with Gasteiger partial charge >= 0.3 is 0 Å². The Morgan fingerprint density at radius 3 is 3.04 bits per heavy atom. The molecule has 1 aromatic carbocycles. The van der Waals surface area contributed by atoms with Crippen molar-refractivity contribution in [2.24, 2.45) is 0 Å². The van der Waals surface area contributed by atoms with Gasteiger partial charge in [0.1, 0.15) is 5.75 Å². The highest BCUT2D eigenvalue weighted by atomic mass is 16.5. The Morgan fingerprint density at radius 2 is 2.25 bits per heavy atom. The van der Waals surface area contributed by atoms with Gasteiger partial charge in [-0.2, -0.15) is 5.10 Å². The van der Waals surface area contributed by atoms with Crippen molar-refractivity contribution < 1.29 is 9.53 Å². The number of hydrogen-bond donors (Lipinski definition) is 1. The maximum Gasteiger partial charge on any atom is 0.253 e. The van der Waals surface area contributed by atoms with Crippen LogP contribution in [0, 0.1) is 6.92 Å². The molecule has 2 aromatic rings. The van der Waals surface area contributed by atoms with E-state index in [1.165, 1.54) is 11.3 Å². The van der Waals surface area contributed by atoms with Gasteiger partial charge in [0, 0.05) is 29.8 Å². The Labute approximate surface area is 142 Å². The van der Waals surface area contributed by atoms with Crippen LogP contribution in [0.5, 0.6) is 5.75 Å². The quantitative estimate of drug-likeness (QED) is 0.924. The van der Waals surface area contributed by atoms with Crippen LogP contribution >= 0.6 is 0 Å². The number of carbonyl (C=O) groups is 1. The first-order valence-electron chi connectivity index (χ1n) is 8.60. The molecule has 1 N–H and O–H groups in total. The summed E-state index contributed by atoms with van der Waals surface area (Å²) >= 11 is 0. The predicted octanol–water partition coefficient (Wildman–Crippen LogP) is 2.85. The van der Waals surface area contributed by atoms with Crippen LogP contribution in [0.4, 0.5) is 0 Å². The molecule has 1 aliphatic heterocycles. The number of H-pyrrole nitrogens is 1. The summed E-state index contributed by atoms with van der Waals surface area (Å²) in [5, 5.41) is 7.41.